The molecule has 5 heteroatoms. The highest BCUT2D eigenvalue weighted by Crippen LogP contribution is 2.24. The quantitative estimate of drug-likeness (QED) is 0.899. The second kappa shape index (κ2) is 5.84. The number of benzene rings is 1. The first-order chi connectivity index (χ1) is 9.06. The van der Waals surface area contributed by atoms with E-state index >= 15 is 0 Å². The Morgan fingerprint density at radius 1 is 1.47 bits per heavy atom. The van der Waals surface area contributed by atoms with Crippen molar-refractivity contribution in [3.63, 3.8) is 0 Å². The van der Waals surface area contributed by atoms with Crippen molar-refractivity contribution in [2.24, 2.45) is 12.8 Å². The highest BCUT2D eigenvalue weighted by atomic mass is 19.1. The number of nitrogens with zero attached hydrogens (tertiary/aromatic N) is 2. The maximum absolute atomic E-state index is 13.2. The topological polar surface area (TPSA) is 53.1 Å². The zero-order chi connectivity index (χ0) is 13.8. The minimum absolute atomic E-state index is 0.186. The van der Waals surface area contributed by atoms with Crippen molar-refractivity contribution in [1.82, 2.24) is 9.78 Å². The molecular formula is C14H18FN3O. The van der Waals surface area contributed by atoms with Crippen molar-refractivity contribution in [3.8, 4) is 5.75 Å². The van der Waals surface area contributed by atoms with Gasteiger partial charge in [-0.25, -0.2) is 4.39 Å². The zero-order valence-corrected chi connectivity index (χ0v) is 11.1. The molecule has 0 fully saturated rings. The molecule has 2 rings (SSSR count). The molecule has 1 aromatic heterocycles. The molecule has 0 spiro atoms. The number of aryl methyl sites for hydroxylation is 1. The Labute approximate surface area is 112 Å². The molecule has 0 radical (unpaired) electrons. The van der Waals surface area contributed by atoms with Gasteiger partial charge in [0.2, 0.25) is 0 Å². The molecule has 2 aromatic rings. The number of nitrogens with two attached hydrogens (primary N) is 1. The third-order valence-electron chi connectivity index (χ3n) is 2.87. The van der Waals surface area contributed by atoms with Crippen LogP contribution < -0.4 is 10.5 Å². The molecule has 19 heavy (non-hydrogen) atoms. The van der Waals surface area contributed by atoms with Crippen molar-refractivity contribution in [2.75, 3.05) is 6.61 Å². The molecule has 0 aliphatic rings. The summed E-state index contributed by atoms with van der Waals surface area (Å²) < 4.78 is 20.6. The minimum atomic E-state index is -0.319. The van der Waals surface area contributed by atoms with Gasteiger partial charge in [0.05, 0.1) is 12.8 Å². The number of rotatable bonds is 5. The van der Waals surface area contributed by atoms with Crippen molar-refractivity contribution in [1.29, 1.82) is 0 Å². The third kappa shape index (κ3) is 3.54. The van der Waals surface area contributed by atoms with E-state index in [2.05, 4.69) is 5.10 Å². The average molecular weight is 263 g/mol. The van der Waals surface area contributed by atoms with E-state index in [1.165, 1.54) is 12.1 Å². The van der Waals surface area contributed by atoms with Gasteiger partial charge in [0.25, 0.3) is 0 Å². The lowest BCUT2D eigenvalue weighted by Gasteiger charge is -2.13. The van der Waals surface area contributed by atoms with E-state index in [1.807, 2.05) is 20.2 Å². The number of hydrogen-bond acceptors (Lipinski definition) is 3. The van der Waals surface area contributed by atoms with Crippen LogP contribution in [0.25, 0.3) is 0 Å². The second-order valence-electron chi connectivity index (χ2n) is 4.59. The number of aromatic nitrogens is 2. The van der Waals surface area contributed by atoms with E-state index in [9.17, 15) is 4.39 Å². The van der Waals surface area contributed by atoms with Gasteiger partial charge in [0, 0.05) is 37.3 Å². The second-order valence-corrected chi connectivity index (χ2v) is 4.59. The maximum Gasteiger partial charge on any atom is 0.126 e. The fourth-order valence-electron chi connectivity index (χ4n) is 1.89. The summed E-state index contributed by atoms with van der Waals surface area (Å²) in [7, 11) is 1.87. The molecule has 0 saturated heterocycles. The number of hydrogen-bond donors (Lipinski definition) is 1. The normalized spacial score (nSPS) is 12.4. The van der Waals surface area contributed by atoms with E-state index in [1.54, 1.807) is 16.9 Å². The van der Waals surface area contributed by atoms with Crippen molar-refractivity contribution in [2.45, 2.75) is 19.4 Å². The molecule has 0 aliphatic heterocycles. The van der Waals surface area contributed by atoms with E-state index in [-0.39, 0.29) is 11.9 Å². The van der Waals surface area contributed by atoms with Crippen LogP contribution >= 0.6 is 0 Å². The van der Waals surface area contributed by atoms with Gasteiger partial charge in [0.15, 0.2) is 0 Å². The first-order valence-corrected chi connectivity index (χ1v) is 6.21. The fraction of sp³-hybridized carbons (Fsp3) is 0.357. The van der Waals surface area contributed by atoms with Crippen molar-refractivity contribution < 1.29 is 9.13 Å². The molecule has 102 valence electrons. The van der Waals surface area contributed by atoms with Gasteiger partial charge in [-0.05, 0) is 18.6 Å². The molecule has 4 nitrogen and oxygen atoms in total. The van der Waals surface area contributed by atoms with Crippen LogP contribution in [0.5, 0.6) is 5.75 Å². The number of halogens is 1. The molecule has 0 bridgehead atoms. The summed E-state index contributed by atoms with van der Waals surface area (Å²) >= 11 is 0. The summed E-state index contributed by atoms with van der Waals surface area (Å²) in [6.45, 7) is 2.32. The van der Waals surface area contributed by atoms with Gasteiger partial charge in [0.1, 0.15) is 11.6 Å². The molecule has 1 heterocycles. The Bertz CT molecular complexity index is 551. The SMILES string of the molecule is CC(N)c1ccc(F)cc1OCCc1cnn(C)c1. The lowest BCUT2D eigenvalue weighted by Crippen LogP contribution is -2.09. The number of ether oxygens (including phenoxy) is 1. The maximum atomic E-state index is 13.2. The Balaban J connectivity index is 2.00. The molecule has 1 aromatic carbocycles. The van der Waals surface area contributed by atoms with E-state index in [4.69, 9.17) is 10.5 Å². The lowest BCUT2D eigenvalue weighted by molar-refractivity contribution is 0.315. The lowest BCUT2D eigenvalue weighted by atomic mass is 10.1. The standard InChI is InChI=1S/C14H18FN3O/c1-10(16)13-4-3-12(15)7-14(13)19-6-5-11-8-17-18(2)9-11/h3-4,7-10H,5-6,16H2,1-2H3. The molecule has 2 N–H and O–H groups in total. The molecule has 1 unspecified atom stereocenters. The van der Waals surface area contributed by atoms with E-state index < -0.39 is 0 Å². The molecular weight excluding hydrogens is 245 g/mol. The van der Waals surface area contributed by atoms with Crippen LogP contribution in [0.3, 0.4) is 0 Å². The molecule has 0 saturated carbocycles. The summed E-state index contributed by atoms with van der Waals surface area (Å²) in [6, 6.07) is 4.25. The average Bonchev–Trinajstić information content (AvgIpc) is 2.75. The van der Waals surface area contributed by atoms with Crippen LogP contribution in [0.1, 0.15) is 24.1 Å². The molecule has 1 atom stereocenters. The fourth-order valence-corrected chi connectivity index (χ4v) is 1.89. The van der Waals surface area contributed by atoms with Crippen LogP contribution in [0.4, 0.5) is 4.39 Å². The summed E-state index contributed by atoms with van der Waals surface area (Å²) in [5.41, 5.74) is 7.73. The Morgan fingerprint density at radius 3 is 2.89 bits per heavy atom. The Morgan fingerprint density at radius 2 is 2.26 bits per heavy atom. The van der Waals surface area contributed by atoms with Gasteiger partial charge in [-0.3, -0.25) is 4.68 Å². The highest BCUT2D eigenvalue weighted by Gasteiger charge is 2.09. The summed E-state index contributed by atoms with van der Waals surface area (Å²) in [4.78, 5) is 0. The van der Waals surface area contributed by atoms with Crippen molar-refractivity contribution in [3.05, 3.63) is 47.5 Å². The predicted molar refractivity (Wildman–Crippen MR) is 71.4 cm³/mol. The van der Waals surface area contributed by atoms with Crippen LogP contribution in [0.15, 0.2) is 30.6 Å². The van der Waals surface area contributed by atoms with Gasteiger partial charge in [-0.15, -0.1) is 0 Å². The first-order valence-electron chi connectivity index (χ1n) is 6.21. The Kier molecular flexibility index (Phi) is 4.16. The van der Waals surface area contributed by atoms with Gasteiger partial charge in [-0.1, -0.05) is 6.07 Å². The van der Waals surface area contributed by atoms with E-state index in [0.29, 0.717) is 12.4 Å². The molecule has 0 amide bonds. The summed E-state index contributed by atoms with van der Waals surface area (Å²) in [6.07, 6.45) is 4.45. The van der Waals surface area contributed by atoms with Gasteiger partial charge >= 0.3 is 0 Å². The van der Waals surface area contributed by atoms with Gasteiger partial charge in [-0.2, -0.15) is 5.10 Å². The van der Waals surface area contributed by atoms with Crippen LogP contribution in [-0.2, 0) is 13.5 Å². The third-order valence-corrected chi connectivity index (χ3v) is 2.87. The predicted octanol–water partition coefficient (Wildman–Crippen LogP) is 2.20. The summed E-state index contributed by atoms with van der Waals surface area (Å²) in [5, 5.41) is 4.08. The largest absolute Gasteiger partial charge is 0.493 e. The monoisotopic (exact) mass is 263 g/mol. The van der Waals surface area contributed by atoms with Crippen molar-refractivity contribution >= 4 is 0 Å². The van der Waals surface area contributed by atoms with Gasteiger partial charge < -0.3 is 10.5 Å². The minimum Gasteiger partial charge on any atom is -0.493 e. The van der Waals surface area contributed by atoms with Crippen LogP contribution in [0.2, 0.25) is 0 Å². The zero-order valence-electron chi connectivity index (χ0n) is 11.1. The molecule has 0 aliphatic carbocycles. The van der Waals surface area contributed by atoms with Crippen LogP contribution in [-0.4, -0.2) is 16.4 Å². The Hall–Kier alpha value is -1.88. The van der Waals surface area contributed by atoms with Crippen LogP contribution in [0, 0.1) is 5.82 Å². The first kappa shape index (κ1) is 13.5. The smallest absolute Gasteiger partial charge is 0.126 e. The van der Waals surface area contributed by atoms with E-state index in [0.717, 1.165) is 17.5 Å². The highest BCUT2D eigenvalue weighted by molar-refractivity contribution is 5.36. The summed E-state index contributed by atoms with van der Waals surface area (Å²) in [5.74, 6) is 0.194.